The molecule has 0 bridgehead atoms. The zero-order valence-corrected chi connectivity index (χ0v) is 13.1. The van der Waals surface area contributed by atoms with Gasteiger partial charge in [-0.05, 0) is 54.3 Å². The SMILES string of the molecule is Cc1cc(-c2ccccc2C)c2c(=O)c3ccccc3oc2c1. The van der Waals surface area contributed by atoms with Crippen molar-refractivity contribution in [1.29, 1.82) is 0 Å². The van der Waals surface area contributed by atoms with Gasteiger partial charge in [0.2, 0.25) is 5.43 Å². The number of aryl methyl sites for hydroxylation is 2. The Kier molecular flexibility index (Phi) is 3.05. The molecule has 1 aromatic heterocycles. The molecule has 0 aliphatic carbocycles. The van der Waals surface area contributed by atoms with Crippen LogP contribution in [0.3, 0.4) is 0 Å². The van der Waals surface area contributed by atoms with Crippen molar-refractivity contribution in [3.63, 3.8) is 0 Å². The summed E-state index contributed by atoms with van der Waals surface area (Å²) in [4.78, 5) is 13.0. The fraction of sp³-hybridized carbons (Fsp3) is 0.0952. The number of fused-ring (bicyclic) bond motifs is 2. The highest BCUT2D eigenvalue weighted by molar-refractivity contribution is 5.99. The molecule has 0 spiro atoms. The van der Waals surface area contributed by atoms with Crippen molar-refractivity contribution in [1.82, 2.24) is 0 Å². The van der Waals surface area contributed by atoms with Gasteiger partial charge in [0.25, 0.3) is 0 Å². The molecule has 0 amide bonds. The lowest BCUT2D eigenvalue weighted by Gasteiger charge is -2.11. The predicted molar refractivity (Wildman–Crippen MR) is 94.9 cm³/mol. The van der Waals surface area contributed by atoms with Crippen LogP contribution < -0.4 is 5.43 Å². The first-order chi connectivity index (χ1) is 11.1. The highest BCUT2D eigenvalue weighted by atomic mass is 16.3. The molecule has 23 heavy (non-hydrogen) atoms. The molecule has 0 aliphatic heterocycles. The first-order valence-corrected chi connectivity index (χ1v) is 7.67. The molecule has 0 fully saturated rings. The van der Waals surface area contributed by atoms with Crippen molar-refractivity contribution >= 4 is 21.9 Å². The van der Waals surface area contributed by atoms with Crippen LogP contribution in [-0.4, -0.2) is 0 Å². The van der Waals surface area contributed by atoms with Gasteiger partial charge in [0.15, 0.2) is 0 Å². The highest BCUT2D eigenvalue weighted by Crippen LogP contribution is 2.31. The molecule has 0 aliphatic rings. The van der Waals surface area contributed by atoms with E-state index in [1.165, 1.54) is 0 Å². The summed E-state index contributed by atoms with van der Waals surface area (Å²) >= 11 is 0. The zero-order chi connectivity index (χ0) is 16.0. The normalized spacial score (nSPS) is 11.2. The molecule has 0 radical (unpaired) electrons. The minimum Gasteiger partial charge on any atom is -0.456 e. The van der Waals surface area contributed by atoms with Crippen LogP contribution in [0.4, 0.5) is 0 Å². The van der Waals surface area contributed by atoms with Gasteiger partial charge in [-0.15, -0.1) is 0 Å². The average Bonchev–Trinajstić information content (AvgIpc) is 2.54. The number of para-hydroxylation sites is 1. The summed E-state index contributed by atoms with van der Waals surface area (Å²) in [5, 5.41) is 1.28. The Labute approximate surface area is 134 Å². The highest BCUT2D eigenvalue weighted by Gasteiger charge is 2.14. The Bertz CT molecular complexity index is 1100. The van der Waals surface area contributed by atoms with E-state index >= 15 is 0 Å². The maximum absolute atomic E-state index is 13.0. The molecule has 0 unspecified atom stereocenters. The lowest BCUT2D eigenvalue weighted by atomic mass is 9.94. The van der Waals surface area contributed by atoms with Gasteiger partial charge in [0.05, 0.1) is 10.8 Å². The smallest absolute Gasteiger partial charge is 0.201 e. The van der Waals surface area contributed by atoms with Gasteiger partial charge in [0, 0.05) is 0 Å². The van der Waals surface area contributed by atoms with Crippen LogP contribution in [0.2, 0.25) is 0 Å². The molecule has 0 saturated heterocycles. The molecule has 0 N–H and O–H groups in total. The third-order valence-electron chi connectivity index (χ3n) is 4.26. The predicted octanol–water partition coefficient (Wildman–Crippen LogP) is 5.23. The van der Waals surface area contributed by atoms with Crippen molar-refractivity contribution in [2.75, 3.05) is 0 Å². The molecular weight excluding hydrogens is 284 g/mol. The summed E-state index contributed by atoms with van der Waals surface area (Å²) in [7, 11) is 0. The van der Waals surface area contributed by atoms with Crippen LogP contribution in [0.15, 0.2) is 69.9 Å². The lowest BCUT2D eigenvalue weighted by Crippen LogP contribution is -2.04. The van der Waals surface area contributed by atoms with E-state index in [1.54, 1.807) is 0 Å². The molecule has 4 rings (SSSR count). The third kappa shape index (κ3) is 2.15. The maximum atomic E-state index is 13.0. The number of hydrogen-bond donors (Lipinski definition) is 0. The second kappa shape index (κ2) is 5.10. The maximum Gasteiger partial charge on any atom is 0.201 e. The molecule has 2 heteroatoms. The number of benzene rings is 3. The van der Waals surface area contributed by atoms with Crippen LogP contribution in [0.1, 0.15) is 11.1 Å². The number of rotatable bonds is 1. The Morgan fingerprint density at radius 2 is 1.52 bits per heavy atom. The molecule has 4 aromatic rings. The van der Waals surface area contributed by atoms with Gasteiger partial charge in [-0.3, -0.25) is 4.79 Å². The molecule has 0 saturated carbocycles. The minimum atomic E-state index is 0.0279. The first kappa shape index (κ1) is 13.8. The second-order valence-corrected chi connectivity index (χ2v) is 5.93. The van der Waals surface area contributed by atoms with E-state index < -0.39 is 0 Å². The summed E-state index contributed by atoms with van der Waals surface area (Å²) in [6.45, 7) is 4.09. The summed E-state index contributed by atoms with van der Waals surface area (Å²) in [5.74, 6) is 0. The summed E-state index contributed by atoms with van der Waals surface area (Å²) < 4.78 is 6.01. The van der Waals surface area contributed by atoms with Crippen LogP contribution in [-0.2, 0) is 0 Å². The Morgan fingerprint density at radius 1 is 0.783 bits per heavy atom. The summed E-state index contributed by atoms with van der Waals surface area (Å²) in [6, 6.07) is 19.5. The molecular formula is C21H16O2. The van der Waals surface area contributed by atoms with Gasteiger partial charge in [-0.1, -0.05) is 42.5 Å². The largest absolute Gasteiger partial charge is 0.456 e. The van der Waals surface area contributed by atoms with E-state index in [-0.39, 0.29) is 5.43 Å². The molecule has 0 atom stereocenters. The fourth-order valence-corrected chi connectivity index (χ4v) is 3.15. The second-order valence-electron chi connectivity index (χ2n) is 5.93. The van der Waals surface area contributed by atoms with Crippen molar-refractivity contribution in [3.05, 3.63) is 82.0 Å². The van der Waals surface area contributed by atoms with Crippen LogP contribution in [0, 0.1) is 13.8 Å². The van der Waals surface area contributed by atoms with Gasteiger partial charge in [-0.2, -0.15) is 0 Å². The van der Waals surface area contributed by atoms with Crippen molar-refractivity contribution in [3.8, 4) is 11.1 Å². The molecule has 2 nitrogen and oxygen atoms in total. The van der Waals surface area contributed by atoms with Gasteiger partial charge in [-0.25, -0.2) is 0 Å². The lowest BCUT2D eigenvalue weighted by molar-refractivity contribution is 0.659. The van der Waals surface area contributed by atoms with E-state index in [0.29, 0.717) is 21.9 Å². The third-order valence-corrected chi connectivity index (χ3v) is 4.26. The summed E-state index contributed by atoms with van der Waals surface area (Å²) in [5.41, 5.74) is 5.54. The first-order valence-electron chi connectivity index (χ1n) is 7.67. The number of hydrogen-bond acceptors (Lipinski definition) is 2. The van der Waals surface area contributed by atoms with Crippen LogP contribution in [0.5, 0.6) is 0 Å². The van der Waals surface area contributed by atoms with E-state index in [0.717, 1.165) is 22.3 Å². The van der Waals surface area contributed by atoms with Crippen LogP contribution >= 0.6 is 0 Å². The van der Waals surface area contributed by atoms with Gasteiger partial charge >= 0.3 is 0 Å². The topological polar surface area (TPSA) is 30.2 Å². The van der Waals surface area contributed by atoms with E-state index in [9.17, 15) is 4.79 Å². The minimum absolute atomic E-state index is 0.0279. The van der Waals surface area contributed by atoms with E-state index in [1.807, 2.05) is 49.4 Å². The van der Waals surface area contributed by atoms with Crippen molar-refractivity contribution < 1.29 is 4.42 Å². The molecule has 3 aromatic carbocycles. The molecule has 112 valence electrons. The molecule has 1 heterocycles. The monoisotopic (exact) mass is 300 g/mol. The Balaban J connectivity index is 2.23. The van der Waals surface area contributed by atoms with Crippen LogP contribution in [0.25, 0.3) is 33.1 Å². The fourth-order valence-electron chi connectivity index (χ4n) is 3.15. The zero-order valence-electron chi connectivity index (χ0n) is 13.1. The van der Waals surface area contributed by atoms with E-state index in [2.05, 4.69) is 25.1 Å². The van der Waals surface area contributed by atoms with Gasteiger partial charge in [0.1, 0.15) is 11.2 Å². The summed E-state index contributed by atoms with van der Waals surface area (Å²) in [6.07, 6.45) is 0. The average molecular weight is 300 g/mol. The quantitative estimate of drug-likeness (QED) is 0.451. The van der Waals surface area contributed by atoms with E-state index in [4.69, 9.17) is 4.42 Å². The van der Waals surface area contributed by atoms with Crippen molar-refractivity contribution in [2.24, 2.45) is 0 Å². The van der Waals surface area contributed by atoms with Gasteiger partial charge < -0.3 is 4.42 Å². The van der Waals surface area contributed by atoms with Crippen molar-refractivity contribution in [2.45, 2.75) is 13.8 Å². The Hall–Kier alpha value is -2.87. The Morgan fingerprint density at radius 3 is 2.35 bits per heavy atom. The standard InChI is InChI=1S/C21H16O2/c1-13-11-17(15-8-4-3-7-14(15)2)20-19(12-13)23-18-10-6-5-9-16(18)21(20)22/h3-12H,1-2H3.